The van der Waals surface area contributed by atoms with Gasteiger partial charge in [0, 0.05) is 5.57 Å². The minimum Gasteiger partial charge on any atom is -0.511 e. The van der Waals surface area contributed by atoms with Gasteiger partial charge in [-0.25, -0.2) is 0 Å². The first kappa shape index (κ1) is 23.0. The highest BCUT2D eigenvalue weighted by atomic mass is 16.3. The number of hydrogen-bond acceptors (Lipinski definition) is 9. The molecule has 2 aliphatic rings. The zero-order valence-electron chi connectivity index (χ0n) is 18.0. The summed E-state index contributed by atoms with van der Waals surface area (Å²) in [6.07, 6.45) is 2.13. The fraction of sp³-hybridized carbons (Fsp3) is 0.217. The Balaban J connectivity index is 1.93. The first-order valence-electron chi connectivity index (χ1n) is 10.2. The van der Waals surface area contributed by atoms with Crippen LogP contribution in [-0.4, -0.2) is 62.5 Å². The van der Waals surface area contributed by atoms with Crippen LogP contribution in [0, 0.1) is 5.92 Å². The average Bonchev–Trinajstić information content (AvgIpc) is 2.77. The zero-order valence-corrected chi connectivity index (χ0v) is 18.0. The van der Waals surface area contributed by atoms with Crippen molar-refractivity contribution in [3.8, 4) is 11.5 Å². The number of phenols is 2. The van der Waals surface area contributed by atoms with Gasteiger partial charge in [-0.05, 0) is 49.2 Å². The second-order valence-electron chi connectivity index (χ2n) is 8.16. The summed E-state index contributed by atoms with van der Waals surface area (Å²) in [5.41, 5.74) is 1.57. The summed E-state index contributed by atoms with van der Waals surface area (Å²) in [5, 5.41) is 48.2. The van der Waals surface area contributed by atoms with Crippen LogP contribution in [0.15, 0.2) is 35.6 Å². The predicted molar refractivity (Wildman–Crippen MR) is 120 cm³/mol. The molecule has 2 aliphatic carbocycles. The number of carbonyl (C=O) groups excluding carboxylic acids is 4. The lowest BCUT2D eigenvalue weighted by atomic mass is 9.68. The fourth-order valence-electron chi connectivity index (χ4n) is 4.15. The number of nitrogens with one attached hydrogen (secondary N) is 2. The van der Waals surface area contributed by atoms with Gasteiger partial charge >= 0.3 is 0 Å². The summed E-state index contributed by atoms with van der Waals surface area (Å²) >= 11 is 0. The summed E-state index contributed by atoms with van der Waals surface area (Å²) in [5.74, 6) is -8.27. The van der Waals surface area contributed by atoms with E-state index in [1.54, 1.807) is 14.0 Å². The van der Waals surface area contributed by atoms with Gasteiger partial charge in [-0.15, -0.1) is 0 Å². The van der Waals surface area contributed by atoms with Crippen LogP contribution in [0.1, 0.15) is 22.8 Å². The molecular formula is C23H21N3O8. The van der Waals surface area contributed by atoms with Crippen LogP contribution in [-0.2, 0) is 14.4 Å². The van der Waals surface area contributed by atoms with E-state index in [9.17, 15) is 39.6 Å². The van der Waals surface area contributed by atoms with Crippen molar-refractivity contribution in [3.05, 3.63) is 46.7 Å². The summed E-state index contributed by atoms with van der Waals surface area (Å²) in [4.78, 5) is 50.1. The Bertz CT molecular complexity index is 1380. The van der Waals surface area contributed by atoms with E-state index in [2.05, 4.69) is 10.6 Å². The van der Waals surface area contributed by atoms with Crippen LogP contribution in [0.25, 0.3) is 16.8 Å². The molecule has 0 aliphatic heterocycles. The monoisotopic (exact) mass is 467 g/mol. The molecule has 0 heterocycles. The zero-order chi connectivity index (χ0) is 25.1. The van der Waals surface area contributed by atoms with E-state index in [4.69, 9.17) is 5.73 Å². The number of benzene rings is 2. The van der Waals surface area contributed by atoms with E-state index >= 15 is 0 Å². The second-order valence-corrected chi connectivity index (χ2v) is 8.16. The van der Waals surface area contributed by atoms with Crippen molar-refractivity contribution in [1.29, 1.82) is 0 Å². The molecule has 0 spiro atoms. The maximum absolute atomic E-state index is 13.3. The van der Waals surface area contributed by atoms with E-state index in [1.807, 2.05) is 0 Å². The number of anilines is 1. The van der Waals surface area contributed by atoms with Crippen molar-refractivity contribution in [1.82, 2.24) is 5.32 Å². The summed E-state index contributed by atoms with van der Waals surface area (Å²) in [6.45, 7) is 1.59. The number of aliphatic hydroxyl groups is 2. The minimum atomic E-state index is -2.88. The molecule has 0 fully saturated rings. The van der Waals surface area contributed by atoms with Crippen LogP contribution in [0.5, 0.6) is 11.5 Å². The minimum absolute atomic E-state index is 0.0385. The number of carbonyl (C=O) groups is 4. The van der Waals surface area contributed by atoms with E-state index < -0.39 is 63.8 Å². The molecule has 34 heavy (non-hydrogen) atoms. The van der Waals surface area contributed by atoms with Crippen molar-refractivity contribution in [3.63, 3.8) is 0 Å². The van der Waals surface area contributed by atoms with Crippen molar-refractivity contribution in [2.45, 2.75) is 18.6 Å². The van der Waals surface area contributed by atoms with E-state index in [0.29, 0.717) is 0 Å². The molecule has 4 rings (SSSR count). The van der Waals surface area contributed by atoms with E-state index in [0.717, 1.165) is 6.08 Å². The Hall–Kier alpha value is -4.22. The van der Waals surface area contributed by atoms with Gasteiger partial charge in [0.05, 0.1) is 22.7 Å². The first-order chi connectivity index (χ1) is 15.9. The maximum atomic E-state index is 13.3. The highest BCUT2D eigenvalue weighted by Gasteiger charge is 2.57. The molecule has 3 atom stereocenters. The van der Waals surface area contributed by atoms with Crippen LogP contribution in [0.4, 0.5) is 5.69 Å². The number of aliphatic hydroxyl groups excluding tert-OH is 1. The van der Waals surface area contributed by atoms with Gasteiger partial charge in [0.25, 0.3) is 0 Å². The molecule has 0 bridgehead atoms. The molecule has 8 N–H and O–H groups in total. The molecule has 0 radical (unpaired) electrons. The van der Waals surface area contributed by atoms with Crippen LogP contribution in [0.2, 0.25) is 0 Å². The lowest BCUT2D eigenvalue weighted by molar-refractivity contribution is -0.140. The third kappa shape index (κ3) is 3.05. The lowest BCUT2D eigenvalue weighted by Crippen LogP contribution is -2.56. The Labute approximate surface area is 192 Å². The van der Waals surface area contributed by atoms with Crippen molar-refractivity contribution < 1.29 is 39.6 Å². The Morgan fingerprint density at radius 1 is 1.12 bits per heavy atom. The van der Waals surface area contributed by atoms with Crippen molar-refractivity contribution in [2.75, 3.05) is 12.4 Å². The molecular weight excluding hydrogens is 446 g/mol. The molecule has 11 heteroatoms. The van der Waals surface area contributed by atoms with E-state index in [-0.39, 0.29) is 27.6 Å². The molecule has 0 saturated heterocycles. The summed E-state index contributed by atoms with van der Waals surface area (Å²) in [7, 11) is 1.57. The highest BCUT2D eigenvalue weighted by molar-refractivity contribution is 6.30. The molecule has 2 aromatic rings. The normalized spacial score (nSPS) is 22.4. The molecule has 0 aromatic heterocycles. The number of primary amides is 1. The maximum Gasteiger partial charge on any atom is 0.241 e. The topological polar surface area (TPSA) is 199 Å². The van der Waals surface area contributed by atoms with Gasteiger partial charge in [0.15, 0.2) is 17.5 Å². The summed E-state index contributed by atoms with van der Waals surface area (Å²) < 4.78 is 0. The van der Waals surface area contributed by atoms with Gasteiger partial charge in [0.1, 0.15) is 11.5 Å². The van der Waals surface area contributed by atoms with Gasteiger partial charge in [-0.2, -0.15) is 0 Å². The van der Waals surface area contributed by atoms with Crippen LogP contribution < -0.4 is 16.4 Å². The predicted octanol–water partition coefficient (Wildman–Crippen LogP) is 0.234. The number of likely N-dealkylation sites (N-methyl/N-ethyl adjacent to an activating group) is 1. The van der Waals surface area contributed by atoms with Gasteiger partial charge in [0.2, 0.25) is 23.2 Å². The third-order valence-corrected chi connectivity index (χ3v) is 6.15. The average molecular weight is 467 g/mol. The number of fused-ring (bicyclic) bond motifs is 3. The number of rotatable bonds is 4. The molecule has 176 valence electrons. The third-order valence-electron chi connectivity index (χ3n) is 6.15. The quantitative estimate of drug-likeness (QED) is 0.243. The number of nitrogens with two attached hydrogens (primary N) is 1. The van der Waals surface area contributed by atoms with Crippen molar-refractivity contribution in [2.24, 2.45) is 11.7 Å². The van der Waals surface area contributed by atoms with Crippen molar-refractivity contribution >= 4 is 45.9 Å². The number of aromatic hydroxyl groups is 2. The molecule has 11 nitrogen and oxygen atoms in total. The molecule has 3 unspecified atom stereocenters. The molecule has 2 aromatic carbocycles. The lowest BCUT2D eigenvalue weighted by Gasteiger charge is -2.36. The van der Waals surface area contributed by atoms with Gasteiger partial charge in [-0.3, -0.25) is 19.2 Å². The summed E-state index contributed by atoms with van der Waals surface area (Å²) in [6, 6.07) is 3.73. The molecule has 0 saturated carbocycles. The largest absolute Gasteiger partial charge is 0.511 e. The number of ketones is 2. The Kier molecular flexibility index (Phi) is 5.18. The van der Waals surface area contributed by atoms with Gasteiger partial charge < -0.3 is 36.8 Å². The SMILES string of the molecule is CNC(C)C(=O)Nc1ccc2cc3c(c(O)c2c1O)C(=O)C1(O)C(=O)C(C(N)=O)C(O)=CC1=C3. The van der Waals surface area contributed by atoms with Crippen LogP contribution >= 0.6 is 0 Å². The number of Topliss-reactive ketones (excluding diaryl/α,β-unsaturated/α-hetero) is 2. The number of amides is 2. The molecule has 2 amide bonds. The highest BCUT2D eigenvalue weighted by Crippen LogP contribution is 2.47. The van der Waals surface area contributed by atoms with Crippen LogP contribution in [0.3, 0.4) is 0 Å². The smallest absolute Gasteiger partial charge is 0.241 e. The fourth-order valence-corrected chi connectivity index (χ4v) is 4.15. The van der Waals surface area contributed by atoms with E-state index in [1.165, 1.54) is 24.3 Å². The Morgan fingerprint density at radius 3 is 2.41 bits per heavy atom. The Morgan fingerprint density at radius 2 is 1.79 bits per heavy atom. The standard InChI is InChI=1S/C23H21N3O8/c1-8(25-2)22(33)26-12-4-3-9-5-10-6-11-7-13(27)16(21(24)32)20(31)23(11,34)19(30)15(10)18(29)14(9)17(12)28/h3-8,16,25,27-29,34H,1-2H3,(H2,24,32)(H,26,33). The second kappa shape index (κ2) is 7.68. The number of hydrogen-bond donors (Lipinski definition) is 7. The first-order valence-corrected chi connectivity index (χ1v) is 10.2. The number of phenolic OH excluding ortho intramolecular Hbond substituents is 2. The van der Waals surface area contributed by atoms with Gasteiger partial charge in [-0.1, -0.05) is 6.07 Å².